The Morgan fingerprint density at radius 2 is 2.05 bits per heavy atom. The van der Waals surface area contributed by atoms with E-state index >= 15 is 0 Å². The minimum Gasteiger partial charge on any atom is -0.396 e. The molecule has 2 N–H and O–H groups in total. The van der Waals surface area contributed by atoms with Crippen molar-refractivity contribution < 1.29 is 9.90 Å². The van der Waals surface area contributed by atoms with Gasteiger partial charge in [0.25, 0.3) is 5.91 Å². The van der Waals surface area contributed by atoms with Crippen molar-refractivity contribution in [2.75, 3.05) is 13.2 Å². The molecule has 0 unspecified atom stereocenters. The summed E-state index contributed by atoms with van der Waals surface area (Å²) in [7, 11) is 0. The minimum atomic E-state index is -0.175. The number of pyridine rings is 1. The summed E-state index contributed by atoms with van der Waals surface area (Å²) >= 11 is 0. The molecule has 4 heteroatoms. The topological polar surface area (TPSA) is 62.2 Å². The van der Waals surface area contributed by atoms with Gasteiger partial charge in [-0.2, -0.15) is 0 Å². The lowest BCUT2D eigenvalue weighted by molar-refractivity contribution is 0.0930. The zero-order valence-electron chi connectivity index (χ0n) is 10.6. The van der Waals surface area contributed by atoms with Gasteiger partial charge in [-0.05, 0) is 25.0 Å². The van der Waals surface area contributed by atoms with Crippen molar-refractivity contribution in [3.8, 4) is 0 Å². The molecule has 0 saturated heterocycles. The van der Waals surface area contributed by atoms with E-state index in [1.54, 1.807) is 6.07 Å². The van der Waals surface area contributed by atoms with Gasteiger partial charge in [0.2, 0.25) is 0 Å². The second-order valence-corrected chi connectivity index (χ2v) is 5.23. The molecule has 1 fully saturated rings. The highest BCUT2D eigenvalue weighted by atomic mass is 16.3. The summed E-state index contributed by atoms with van der Waals surface area (Å²) in [6.07, 6.45) is 1.96. The quantitative estimate of drug-likeness (QED) is 0.875. The van der Waals surface area contributed by atoms with Crippen molar-refractivity contribution in [1.82, 2.24) is 10.3 Å². The number of fused-ring (bicyclic) bond motifs is 1. The Balaban J connectivity index is 1.74. The number of nitrogens with one attached hydrogen (secondary N) is 1. The number of benzene rings is 1. The third-order valence-electron chi connectivity index (χ3n) is 3.75. The van der Waals surface area contributed by atoms with Crippen molar-refractivity contribution in [1.29, 1.82) is 0 Å². The molecule has 3 rings (SSSR count). The number of aliphatic hydroxyl groups is 1. The van der Waals surface area contributed by atoms with Crippen LogP contribution in [0.5, 0.6) is 0 Å². The van der Waals surface area contributed by atoms with Crippen molar-refractivity contribution >= 4 is 16.8 Å². The number of carbonyl (C=O) groups is 1. The van der Waals surface area contributed by atoms with Gasteiger partial charge in [-0.3, -0.25) is 4.79 Å². The highest BCUT2D eigenvalue weighted by Crippen LogP contribution is 2.44. The van der Waals surface area contributed by atoms with Crippen LogP contribution in [0.3, 0.4) is 0 Å². The highest BCUT2D eigenvalue weighted by molar-refractivity contribution is 5.94. The molecule has 0 bridgehead atoms. The summed E-state index contributed by atoms with van der Waals surface area (Å²) < 4.78 is 0. The van der Waals surface area contributed by atoms with E-state index in [9.17, 15) is 9.90 Å². The van der Waals surface area contributed by atoms with Gasteiger partial charge in [0.15, 0.2) is 0 Å². The normalized spacial score (nSPS) is 16.3. The van der Waals surface area contributed by atoms with Gasteiger partial charge in [0.1, 0.15) is 5.69 Å². The van der Waals surface area contributed by atoms with Crippen LogP contribution in [-0.2, 0) is 0 Å². The Bertz CT molecular complexity index is 620. The maximum Gasteiger partial charge on any atom is 0.269 e. The summed E-state index contributed by atoms with van der Waals surface area (Å²) in [5, 5.41) is 13.1. The molecule has 1 heterocycles. The fraction of sp³-hybridized carbons (Fsp3) is 0.333. The molecule has 98 valence electrons. The zero-order valence-corrected chi connectivity index (χ0v) is 10.6. The van der Waals surface area contributed by atoms with Crippen LogP contribution < -0.4 is 5.32 Å². The molecule has 2 aromatic rings. The molecule has 1 aliphatic carbocycles. The summed E-state index contributed by atoms with van der Waals surface area (Å²) in [6, 6.07) is 11.3. The Labute approximate surface area is 111 Å². The molecule has 1 aromatic carbocycles. The Kier molecular flexibility index (Phi) is 2.95. The number of para-hydroxylation sites is 1. The third-order valence-corrected chi connectivity index (χ3v) is 3.75. The van der Waals surface area contributed by atoms with E-state index in [-0.39, 0.29) is 17.9 Å². The molecule has 0 spiro atoms. The van der Waals surface area contributed by atoms with Gasteiger partial charge >= 0.3 is 0 Å². The molecule has 0 aliphatic heterocycles. The Morgan fingerprint density at radius 3 is 2.79 bits per heavy atom. The van der Waals surface area contributed by atoms with Gasteiger partial charge in [-0.1, -0.05) is 24.3 Å². The van der Waals surface area contributed by atoms with Gasteiger partial charge in [-0.15, -0.1) is 0 Å². The first-order chi connectivity index (χ1) is 9.22. The lowest BCUT2D eigenvalue weighted by atomic mass is 10.1. The van der Waals surface area contributed by atoms with Crippen LogP contribution in [0.2, 0.25) is 0 Å². The molecule has 0 radical (unpaired) electrons. The lowest BCUT2D eigenvalue weighted by Gasteiger charge is -2.12. The molecule has 0 atom stereocenters. The third kappa shape index (κ3) is 2.44. The van der Waals surface area contributed by atoms with Crippen LogP contribution in [0.15, 0.2) is 36.4 Å². The maximum absolute atomic E-state index is 12.0. The first-order valence-corrected chi connectivity index (χ1v) is 6.47. The van der Waals surface area contributed by atoms with Gasteiger partial charge in [0, 0.05) is 17.3 Å². The first kappa shape index (κ1) is 12.1. The van der Waals surface area contributed by atoms with Crippen LogP contribution in [0, 0.1) is 5.41 Å². The van der Waals surface area contributed by atoms with E-state index in [0.29, 0.717) is 12.2 Å². The minimum absolute atomic E-state index is 0.0769. The molecule has 1 amide bonds. The van der Waals surface area contributed by atoms with E-state index in [4.69, 9.17) is 0 Å². The number of hydrogen-bond donors (Lipinski definition) is 2. The summed E-state index contributed by atoms with van der Waals surface area (Å²) in [4.78, 5) is 16.4. The van der Waals surface area contributed by atoms with Crippen LogP contribution in [-0.4, -0.2) is 29.1 Å². The average Bonchev–Trinajstić information content (AvgIpc) is 3.25. The van der Waals surface area contributed by atoms with E-state index in [1.807, 2.05) is 30.3 Å². The molecule has 1 aliphatic rings. The van der Waals surface area contributed by atoms with Crippen LogP contribution in [0.25, 0.3) is 10.9 Å². The molecule has 4 nitrogen and oxygen atoms in total. The monoisotopic (exact) mass is 256 g/mol. The Morgan fingerprint density at radius 1 is 1.26 bits per heavy atom. The summed E-state index contributed by atoms with van der Waals surface area (Å²) in [5.74, 6) is -0.175. The van der Waals surface area contributed by atoms with Crippen molar-refractivity contribution in [3.63, 3.8) is 0 Å². The molecule has 19 heavy (non-hydrogen) atoms. The van der Waals surface area contributed by atoms with E-state index in [2.05, 4.69) is 10.3 Å². The van der Waals surface area contributed by atoms with E-state index in [0.717, 1.165) is 23.7 Å². The number of rotatable bonds is 4. The highest BCUT2D eigenvalue weighted by Gasteiger charge is 2.42. The number of carbonyl (C=O) groups excluding carboxylic acids is 1. The van der Waals surface area contributed by atoms with Crippen molar-refractivity contribution in [2.45, 2.75) is 12.8 Å². The largest absolute Gasteiger partial charge is 0.396 e. The maximum atomic E-state index is 12.0. The number of hydrogen-bond acceptors (Lipinski definition) is 3. The SMILES string of the molecule is O=C(NCC1(CO)CC1)c1ccc2ccccc2n1. The Hall–Kier alpha value is -1.94. The van der Waals surface area contributed by atoms with Gasteiger partial charge in [0.05, 0.1) is 12.1 Å². The van der Waals surface area contributed by atoms with Gasteiger partial charge in [-0.25, -0.2) is 4.98 Å². The molecular formula is C15H16N2O2. The molecule has 1 saturated carbocycles. The predicted octanol–water partition coefficient (Wildman–Crippen LogP) is 1.74. The van der Waals surface area contributed by atoms with Crippen molar-refractivity contribution in [2.24, 2.45) is 5.41 Å². The second kappa shape index (κ2) is 4.63. The standard InChI is InChI=1S/C15H16N2O2/c18-10-15(7-8-15)9-16-14(19)13-6-5-11-3-1-2-4-12(11)17-13/h1-6,18H,7-10H2,(H,16,19). The smallest absolute Gasteiger partial charge is 0.269 e. The van der Waals surface area contributed by atoms with Gasteiger partial charge < -0.3 is 10.4 Å². The fourth-order valence-electron chi connectivity index (χ4n) is 2.12. The average molecular weight is 256 g/mol. The predicted molar refractivity (Wildman–Crippen MR) is 72.8 cm³/mol. The zero-order chi connectivity index (χ0) is 13.3. The van der Waals surface area contributed by atoms with Crippen LogP contribution in [0.4, 0.5) is 0 Å². The number of amides is 1. The number of aliphatic hydroxyl groups excluding tert-OH is 1. The fourth-order valence-corrected chi connectivity index (χ4v) is 2.12. The molecule has 1 aromatic heterocycles. The van der Waals surface area contributed by atoms with Crippen molar-refractivity contribution in [3.05, 3.63) is 42.1 Å². The lowest BCUT2D eigenvalue weighted by Crippen LogP contribution is -2.32. The van der Waals surface area contributed by atoms with Crippen LogP contribution >= 0.6 is 0 Å². The second-order valence-electron chi connectivity index (χ2n) is 5.23. The van der Waals surface area contributed by atoms with E-state index < -0.39 is 0 Å². The number of aromatic nitrogens is 1. The molecular weight excluding hydrogens is 240 g/mol. The summed E-state index contributed by atoms with van der Waals surface area (Å²) in [5.41, 5.74) is 1.16. The summed E-state index contributed by atoms with van der Waals surface area (Å²) in [6.45, 7) is 0.662. The van der Waals surface area contributed by atoms with E-state index in [1.165, 1.54) is 0 Å². The first-order valence-electron chi connectivity index (χ1n) is 6.47. The van der Waals surface area contributed by atoms with Crippen LogP contribution in [0.1, 0.15) is 23.3 Å². The number of nitrogens with zero attached hydrogens (tertiary/aromatic N) is 1.